The van der Waals surface area contributed by atoms with Gasteiger partial charge in [-0.15, -0.1) is 0 Å². The Morgan fingerprint density at radius 3 is 2.32 bits per heavy atom. The van der Waals surface area contributed by atoms with E-state index in [4.69, 9.17) is 4.74 Å². The van der Waals surface area contributed by atoms with Crippen LogP contribution in [0.2, 0.25) is 0 Å². The third-order valence-corrected chi connectivity index (χ3v) is 4.85. The van der Waals surface area contributed by atoms with E-state index in [9.17, 15) is 14.7 Å². The van der Waals surface area contributed by atoms with Gasteiger partial charge in [-0.05, 0) is 24.5 Å². The minimum atomic E-state index is -1.28. The number of carbonyl (C=O) groups excluding carboxylic acids is 2. The number of carbonyl (C=O) groups is 2. The Morgan fingerprint density at radius 2 is 1.72 bits per heavy atom. The molecule has 4 heteroatoms. The van der Waals surface area contributed by atoms with E-state index >= 15 is 0 Å². The predicted molar refractivity (Wildman–Crippen MR) is 93.9 cm³/mol. The lowest BCUT2D eigenvalue weighted by Crippen LogP contribution is -2.45. The second-order valence-electron chi connectivity index (χ2n) is 6.49. The highest BCUT2D eigenvalue weighted by atomic mass is 16.5. The lowest BCUT2D eigenvalue weighted by Gasteiger charge is -2.40. The summed E-state index contributed by atoms with van der Waals surface area (Å²) in [7, 11) is 0. The van der Waals surface area contributed by atoms with Crippen LogP contribution in [-0.2, 0) is 19.9 Å². The fourth-order valence-corrected chi connectivity index (χ4v) is 3.68. The zero-order valence-corrected chi connectivity index (χ0v) is 14.2. The maximum atomic E-state index is 12.8. The average molecular weight is 338 g/mol. The molecule has 0 aliphatic heterocycles. The van der Waals surface area contributed by atoms with E-state index < -0.39 is 23.4 Å². The van der Waals surface area contributed by atoms with Crippen molar-refractivity contribution in [2.24, 2.45) is 5.92 Å². The van der Waals surface area contributed by atoms with E-state index in [2.05, 4.69) is 0 Å². The monoisotopic (exact) mass is 338 g/mol. The molecule has 0 bridgehead atoms. The lowest BCUT2D eigenvalue weighted by atomic mass is 9.66. The molecule has 0 amide bonds. The van der Waals surface area contributed by atoms with Crippen LogP contribution in [0.1, 0.15) is 36.8 Å². The first kappa shape index (κ1) is 17.4. The van der Waals surface area contributed by atoms with Crippen molar-refractivity contribution in [3.05, 3.63) is 71.8 Å². The third-order valence-electron chi connectivity index (χ3n) is 4.85. The van der Waals surface area contributed by atoms with E-state index in [0.29, 0.717) is 12.0 Å². The van der Waals surface area contributed by atoms with Crippen molar-refractivity contribution in [2.45, 2.75) is 31.3 Å². The highest BCUT2D eigenvalue weighted by Crippen LogP contribution is 2.46. The van der Waals surface area contributed by atoms with Crippen LogP contribution in [-0.4, -0.2) is 23.5 Å². The van der Waals surface area contributed by atoms with Crippen molar-refractivity contribution in [1.29, 1.82) is 0 Å². The summed E-state index contributed by atoms with van der Waals surface area (Å²) in [5.41, 5.74) is 0.288. The van der Waals surface area contributed by atoms with E-state index in [1.54, 1.807) is 6.92 Å². The number of benzene rings is 2. The number of ether oxygens (including phenoxy) is 1. The van der Waals surface area contributed by atoms with Crippen LogP contribution in [0.4, 0.5) is 0 Å². The Morgan fingerprint density at radius 1 is 1.12 bits per heavy atom. The van der Waals surface area contributed by atoms with Crippen LogP contribution in [0.3, 0.4) is 0 Å². The fraction of sp³-hybridized carbons (Fsp3) is 0.333. The molecule has 1 N–H and O–H groups in total. The third kappa shape index (κ3) is 3.49. The van der Waals surface area contributed by atoms with Gasteiger partial charge in [0.25, 0.3) is 0 Å². The largest absolute Gasteiger partial charge is 0.465 e. The second kappa shape index (κ2) is 7.19. The van der Waals surface area contributed by atoms with Gasteiger partial charge in [0, 0.05) is 12.3 Å². The maximum Gasteiger partial charge on any atom is 0.317 e. The van der Waals surface area contributed by atoms with Gasteiger partial charge in [-0.2, -0.15) is 0 Å². The molecule has 3 rings (SSSR count). The average Bonchev–Trinajstić information content (AvgIpc) is 2.63. The highest BCUT2D eigenvalue weighted by Gasteiger charge is 2.49. The molecule has 1 aliphatic carbocycles. The summed E-state index contributed by atoms with van der Waals surface area (Å²) in [5, 5.41) is 11.2. The zero-order valence-electron chi connectivity index (χ0n) is 14.2. The number of aliphatic hydroxyl groups is 1. The Labute approximate surface area is 147 Å². The first-order chi connectivity index (χ1) is 12.0. The van der Waals surface area contributed by atoms with Crippen molar-refractivity contribution >= 4 is 11.8 Å². The molecule has 2 aromatic carbocycles. The molecule has 4 nitrogen and oxygen atoms in total. The molecule has 130 valence electrons. The lowest BCUT2D eigenvalue weighted by molar-refractivity contribution is -0.158. The van der Waals surface area contributed by atoms with Crippen LogP contribution >= 0.6 is 0 Å². The Kier molecular flexibility index (Phi) is 5.00. The topological polar surface area (TPSA) is 63.6 Å². The molecule has 25 heavy (non-hydrogen) atoms. The number of Topliss-reactive ketones (excluding diaryl/α,β-unsaturated/α-hetero) is 1. The van der Waals surface area contributed by atoms with Crippen molar-refractivity contribution in [1.82, 2.24) is 0 Å². The molecule has 0 aromatic heterocycles. The van der Waals surface area contributed by atoms with Gasteiger partial charge in [-0.3, -0.25) is 9.59 Å². The van der Waals surface area contributed by atoms with Crippen LogP contribution in [0, 0.1) is 5.92 Å². The molecule has 0 spiro atoms. The minimum absolute atomic E-state index is 0.0795. The van der Waals surface area contributed by atoms with Gasteiger partial charge < -0.3 is 9.84 Å². The standard InChI is InChI=1S/C21H22O4/c1-2-25-20(23)19-17(15-9-5-3-6-10-15)13-21(24,14-18(19)22)16-11-7-4-8-12-16/h3-12,17,19,24H,2,13-14H2,1H3/t17-,19+,21+/m0/s1. The molecule has 0 heterocycles. The number of hydrogen-bond donors (Lipinski definition) is 1. The molecule has 3 atom stereocenters. The smallest absolute Gasteiger partial charge is 0.317 e. The molecule has 2 aromatic rings. The van der Waals surface area contributed by atoms with E-state index in [1.807, 2.05) is 60.7 Å². The van der Waals surface area contributed by atoms with Crippen molar-refractivity contribution in [3.8, 4) is 0 Å². The molecule has 1 fully saturated rings. The molecule has 1 saturated carbocycles. The van der Waals surface area contributed by atoms with E-state index in [1.165, 1.54) is 0 Å². The number of rotatable bonds is 4. The van der Waals surface area contributed by atoms with Gasteiger partial charge in [0.15, 0.2) is 5.78 Å². The van der Waals surface area contributed by atoms with E-state index in [-0.39, 0.29) is 18.8 Å². The number of esters is 1. The highest BCUT2D eigenvalue weighted by molar-refractivity contribution is 6.01. The summed E-state index contributed by atoms with van der Waals surface area (Å²) in [5.74, 6) is -2.06. The maximum absolute atomic E-state index is 12.8. The summed E-state index contributed by atoms with van der Waals surface area (Å²) in [4.78, 5) is 25.2. The van der Waals surface area contributed by atoms with E-state index in [0.717, 1.165) is 5.56 Å². The SMILES string of the molecule is CCOC(=O)[C@H]1C(=O)C[C@@](O)(c2ccccc2)C[C@H]1c1ccccc1. The number of ketones is 1. The van der Waals surface area contributed by atoms with Gasteiger partial charge in [-0.1, -0.05) is 60.7 Å². The minimum Gasteiger partial charge on any atom is -0.465 e. The summed E-state index contributed by atoms with van der Waals surface area (Å²) >= 11 is 0. The summed E-state index contributed by atoms with van der Waals surface area (Å²) < 4.78 is 5.14. The second-order valence-corrected chi connectivity index (χ2v) is 6.49. The zero-order chi connectivity index (χ0) is 17.9. The molecular weight excluding hydrogens is 316 g/mol. The Hall–Kier alpha value is -2.46. The van der Waals surface area contributed by atoms with Gasteiger partial charge >= 0.3 is 5.97 Å². The van der Waals surface area contributed by atoms with Crippen LogP contribution in [0.5, 0.6) is 0 Å². The van der Waals surface area contributed by atoms with Crippen molar-refractivity contribution < 1.29 is 19.4 Å². The van der Waals surface area contributed by atoms with Gasteiger partial charge in [0.05, 0.1) is 12.2 Å². The summed E-state index contributed by atoms with van der Waals surface area (Å²) in [6, 6.07) is 18.6. The quantitative estimate of drug-likeness (QED) is 0.687. The molecule has 0 unspecified atom stereocenters. The first-order valence-electron chi connectivity index (χ1n) is 8.57. The predicted octanol–water partition coefficient (Wildman–Crippen LogP) is 3.20. The fourth-order valence-electron chi connectivity index (χ4n) is 3.68. The summed E-state index contributed by atoms with van der Waals surface area (Å²) in [6.07, 6.45) is 0.222. The molecule has 0 radical (unpaired) electrons. The van der Waals surface area contributed by atoms with Crippen LogP contribution in [0.15, 0.2) is 60.7 Å². The molecule has 1 aliphatic rings. The summed E-state index contributed by atoms with van der Waals surface area (Å²) in [6.45, 7) is 1.95. The Balaban J connectivity index is 2.01. The van der Waals surface area contributed by atoms with Crippen LogP contribution in [0.25, 0.3) is 0 Å². The molecular formula is C21H22O4. The van der Waals surface area contributed by atoms with Crippen LogP contribution < -0.4 is 0 Å². The Bertz CT molecular complexity index is 741. The van der Waals surface area contributed by atoms with Gasteiger partial charge in [0.2, 0.25) is 0 Å². The van der Waals surface area contributed by atoms with Crippen molar-refractivity contribution in [3.63, 3.8) is 0 Å². The van der Waals surface area contributed by atoms with Gasteiger partial charge in [0.1, 0.15) is 5.92 Å². The van der Waals surface area contributed by atoms with Crippen molar-refractivity contribution in [2.75, 3.05) is 6.61 Å². The normalized spacial score (nSPS) is 26.2. The van der Waals surface area contributed by atoms with Gasteiger partial charge in [-0.25, -0.2) is 0 Å². The molecule has 0 saturated heterocycles. The first-order valence-corrected chi connectivity index (χ1v) is 8.57. The number of hydrogen-bond acceptors (Lipinski definition) is 4.